The highest BCUT2D eigenvalue weighted by Crippen LogP contribution is 2.36. The maximum atomic E-state index is 5.73. The fourth-order valence-corrected chi connectivity index (χ4v) is 4.33. The third-order valence-corrected chi connectivity index (χ3v) is 5.51. The van der Waals surface area contributed by atoms with E-state index in [4.69, 9.17) is 4.74 Å². The SMILES string of the molecule is CCCCC1CCC(C(NCC)C2CCCOC2)CC1. The molecule has 2 unspecified atom stereocenters. The van der Waals surface area contributed by atoms with E-state index in [2.05, 4.69) is 19.2 Å². The first-order valence-corrected chi connectivity index (χ1v) is 9.16. The van der Waals surface area contributed by atoms with Crippen LogP contribution in [0, 0.1) is 17.8 Å². The number of nitrogens with one attached hydrogen (secondary N) is 1. The van der Waals surface area contributed by atoms with Crippen molar-refractivity contribution in [2.75, 3.05) is 19.8 Å². The van der Waals surface area contributed by atoms with Crippen molar-refractivity contribution < 1.29 is 4.74 Å². The van der Waals surface area contributed by atoms with Gasteiger partial charge >= 0.3 is 0 Å². The van der Waals surface area contributed by atoms with Crippen molar-refractivity contribution in [2.24, 2.45) is 17.8 Å². The number of rotatable bonds is 7. The van der Waals surface area contributed by atoms with Crippen molar-refractivity contribution in [3.63, 3.8) is 0 Å². The van der Waals surface area contributed by atoms with Gasteiger partial charge in [0.05, 0.1) is 6.61 Å². The van der Waals surface area contributed by atoms with Gasteiger partial charge in [-0.2, -0.15) is 0 Å². The molecule has 2 atom stereocenters. The molecule has 1 heterocycles. The Labute approximate surface area is 126 Å². The van der Waals surface area contributed by atoms with E-state index in [1.165, 1.54) is 57.8 Å². The van der Waals surface area contributed by atoms with Crippen LogP contribution in [-0.2, 0) is 4.74 Å². The molecule has 2 fully saturated rings. The van der Waals surface area contributed by atoms with Crippen molar-refractivity contribution in [3.05, 3.63) is 0 Å². The lowest BCUT2D eigenvalue weighted by atomic mass is 9.73. The summed E-state index contributed by atoms with van der Waals surface area (Å²) in [7, 11) is 0. The fraction of sp³-hybridized carbons (Fsp3) is 1.00. The van der Waals surface area contributed by atoms with Crippen molar-refractivity contribution in [1.29, 1.82) is 0 Å². The summed E-state index contributed by atoms with van der Waals surface area (Å²) in [6, 6.07) is 0.715. The predicted octanol–water partition coefficient (Wildman–Crippen LogP) is 4.39. The molecule has 0 radical (unpaired) electrons. The van der Waals surface area contributed by atoms with Crippen molar-refractivity contribution >= 4 is 0 Å². The summed E-state index contributed by atoms with van der Waals surface area (Å²) in [5.74, 6) is 2.69. The highest BCUT2D eigenvalue weighted by Gasteiger charge is 2.32. The van der Waals surface area contributed by atoms with E-state index >= 15 is 0 Å². The zero-order valence-corrected chi connectivity index (χ0v) is 13.7. The molecule has 0 spiro atoms. The minimum Gasteiger partial charge on any atom is -0.381 e. The van der Waals surface area contributed by atoms with Gasteiger partial charge < -0.3 is 10.1 Å². The van der Waals surface area contributed by atoms with Crippen molar-refractivity contribution in [1.82, 2.24) is 5.32 Å². The van der Waals surface area contributed by atoms with Crippen LogP contribution in [0.4, 0.5) is 0 Å². The van der Waals surface area contributed by atoms with Gasteiger partial charge in [0.25, 0.3) is 0 Å². The fourth-order valence-electron chi connectivity index (χ4n) is 4.33. The molecular formula is C18H35NO. The van der Waals surface area contributed by atoms with Gasteiger partial charge in [-0.1, -0.05) is 46.0 Å². The van der Waals surface area contributed by atoms with Crippen LogP contribution >= 0.6 is 0 Å². The molecule has 0 bridgehead atoms. The second-order valence-corrected chi connectivity index (χ2v) is 6.98. The van der Waals surface area contributed by atoms with E-state index in [1.54, 1.807) is 0 Å². The Kier molecular flexibility index (Phi) is 7.37. The van der Waals surface area contributed by atoms with Crippen LogP contribution < -0.4 is 5.32 Å². The van der Waals surface area contributed by atoms with E-state index < -0.39 is 0 Å². The molecule has 0 amide bonds. The molecule has 1 N–H and O–H groups in total. The zero-order valence-electron chi connectivity index (χ0n) is 13.7. The molecular weight excluding hydrogens is 246 g/mol. The molecule has 2 nitrogen and oxygen atoms in total. The first-order valence-electron chi connectivity index (χ1n) is 9.16. The van der Waals surface area contributed by atoms with Gasteiger partial charge in [0.15, 0.2) is 0 Å². The normalized spacial score (nSPS) is 33.0. The van der Waals surface area contributed by atoms with Crippen LogP contribution in [0.5, 0.6) is 0 Å². The number of hydrogen-bond acceptors (Lipinski definition) is 2. The Hall–Kier alpha value is -0.0800. The lowest BCUT2D eigenvalue weighted by Crippen LogP contribution is -2.46. The van der Waals surface area contributed by atoms with E-state index in [0.717, 1.165) is 37.5 Å². The van der Waals surface area contributed by atoms with Crippen LogP contribution in [0.3, 0.4) is 0 Å². The molecule has 118 valence electrons. The largest absolute Gasteiger partial charge is 0.381 e. The topological polar surface area (TPSA) is 21.3 Å². The molecule has 0 aromatic carbocycles. The molecule has 2 heteroatoms. The average molecular weight is 281 g/mol. The second kappa shape index (κ2) is 9.04. The molecule has 1 saturated carbocycles. The summed E-state index contributed by atoms with van der Waals surface area (Å²) < 4.78 is 5.73. The van der Waals surface area contributed by atoms with Crippen LogP contribution in [0.1, 0.15) is 71.6 Å². The van der Waals surface area contributed by atoms with Gasteiger partial charge in [0, 0.05) is 12.6 Å². The van der Waals surface area contributed by atoms with Crippen LogP contribution in [0.2, 0.25) is 0 Å². The van der Waals surface area contributed by atoms with Crippen molar-refractivity contribution in [2.45, 2.75) is 77.7 Å². The van der Waals surface area contributed by atoms with Gasteiger partial charge in [-0.15, -0.1) is 0 Å². The van der Waals surface area contributed by atoms with Crippen LogP contribution in [0.15, 0.2) is 0 Å². The van der Waals surface area contributed by atoms with E-state index in [0.29, 0.717) is 6.04 Å². The predicted molar refractivity (Wildman–Crippen MR) is 86.0 cm³/mol. The minimum absolute atomic E-state index is 0.715. The average Bonchev–Trinajstić information content (AvgIpc) is 2.52. The Morgan fingerprint density at radius 1 is 1.05 bits per heavy atom. The standard InChI is InChI=1S/C18H35NO/c1-3-5-7-15-9-11-16(12-10-15)18(19-4-2)17-8-6-13-20-14-17/h15-19H,3-14H2,1-2H3. The van der Waals surface area contributed by atoms with E-state index in [9.17, 15) is 0 Å². The first kappa shape index (κ1) is 16.3. The molecule has 2 rings (SSSR count). The summed E-state index contributed by atoms with van der Waals surface area (Å²) >= 11 is 0. The third-order valence-electron chi connectivity index (χ3n) is 5.51. The molecule has 0 aromatic rings. The minimum atomic E-state index is 0.715. The Morgan fingerprint density at radius 2 is 1.85 bits per heavy atom. The Balaban J connectivity index is 1.81. The third kappa shape index (κ3) is 4.73. The molecule has 1 aliphatic heterocycles. The lowest BCUT2D eigenvalue weighted by molar-refractivity contribution is 0.0226. The monoisotopic (exact) mass is 281 g/mol. The summed E-state index contributed by atoms with van der Waals surface area (Å²) in [6.45, 7) is 7.66. The Morgan fingerprint density at radius 3 is 2.45 bits per heavy atom. The van der Waals surface area contributed by atoms with E-state index in [1.807, 2.05) is 0 Å². The highest BCUT2D eigenvalue weighted by atomic mass is 16.5. The molecule has 20 heavy (non-hydrogen) atoms. The molecule has 2 aliphatic rings. The Bertz CT molecular complexity index is 242. The molecule has 1 saturated heterocycles. The van der Waals surface area contributed by atoms with Crippen LogP contribution in [-0.4, -0.2) is 25.8 Å². The molecule has 1 aliphatic carbocycles. The highest BCUT2D eigenvalue weighted by molar-refractivity contribution is 4.87. The zero-order chi connectivity index (χ0) is 14.2. The van der Waals surface area contributed by atoms with Gasteiger partial charge in [0.1, 0.15) is 0 Å². The summed E-state index contributed by atoms with van der Waals surface area (Å²) in [4.78, 5) is 0. The lowest BCUT2D eigenvalue weighted by Gasteiger charge is -2.39. The van der Waals surface area contributed by atoms with Crippen LogP contribution in [0.25, 0.3) is 0 Å². The number of unbranched alkanes of at least 4 members (excludes halogenated alkanes) is 1. The number of hydrogen-bond donors (Lipinski definition) is 1. The first-order chi connectivity index (χ1) is 9.85. The maximum absolute atomic E-state index is 5.73. The smallest absolute Gasteiger partial charge is 0.0509 e. The number of ether oxygens (including phenoxy) is 1. The summed E-state index contributed by atoms with van der Waals surface area (Å²) in [5.41, 5.74) is 0. The van der Waals surface area contributed by atoms with Gasteiger partial charge in [-0.25, -0.2) is 0 Å². The van der Waals surface area contributed by atoms with Crippen molar-refractivity contribution in [3.8, 4) is 0 Å². The van der Waals surface area contributed by atoms with Gasteiger partial charge in [-0.3, -0.25) is 0 Å². The maximum Gasteiger partial charge on any atom is 0.0509 e. The second-order valence-electron chi connectivity index (χ2n) is 6.98. The summed E-state index contributed by atoms with van der Waals surface area (Å²) in [6.07, 6.45) is 12.7. The quantitative estimate of drug-likeness (QED) is 0.747. The van der Waals surface area contributed by atoms with E-state index in [-0.39, 0.29) is 0 Å². The van der Waals surface area contributed by atoms with Gasteiger partial charge in [-0.05, 0) is 50.0 Å². The van der Waals surface area contributed by atoms with Gasteiger partial charge in [0.2, 0.25) is 0 Å². The molecule has 0 aromatic heterocycles. The summed E-state index contributed by atoms with van der Waals surface area (Å²) in [5, 5.41) is 3.80.